The second kappa shape index (κ2) is 3.35. The number of hydrogen-bond acceptors (Lipinski definition) is 2. The molecular weight excluding hydrogens is 190 g/mol. The second-order valence-electron chi connectivity index (χ2n) is 4.25. The largest absolute Gasteiger partial charge is 0.338 e. The molecule has 0 N–H and O–H groups in total. The van der Waals surface area contributed by atoms with Gasteiger partial charge in [0.25, 0.3) is 5.91 Å². The first kappa shape index (κ1) is 10.2. The van der Waals surface area contributed by atoms with Gasteiger partial charge >= 0.3 is 0 Å². The summed E-state index contributed by atoms with van der Waals surface area (Å²) in [6, 6.07) is 9.59. The number of ether oxygens (including phenoxy) is 1. The summed E-state index contributed by atoms with van der Waals surface area (Å²) < 4.78 is 5.74. The second-order valence-corrected chi connectivity index (χ2v) is 4.25. The molecule has 1 heterocycles. The molecule has 80 valence electrons. The molecule has 3 heteroatoms. The Morgan fingerprint density at radius 2 is 1.87 bits per heavy atom. The maximum Gasteiger partial charge on any atom is 0.258 e. The first-order chi connectivity index (χ1) is 7.02. The molecule has 0 bridgehead atoms. The Bertz CT molecular complexity index is 372. The normalized spacial score (nSPS) is 24.6. The first-order valence-electron chi connectivity index (χ1n) is 5.03. The highest BCUT2D eigenvalue weighted by Gasteiger charge is 2.44. The molecule has 0 saturated carbocycles. The van der Waals surface area contributed by atoms with E-state index in [2.05, 4.69) is 0 Å². The number of benzene rings is 1. The number of carbonyl (C=O) groups excluding carboxylic acids is 1. The van der Waals surface area contributed by atoms with Crippen molar-refractivity contribution in [3.63, 3.8) is 0 Å². The fourth-order valence-corrected chi connectivity index (χ4v) is 1.70. The lowest BCUT2D eigenvalue weighted by molar-refractivity contribution is -0.130. The summed E-state index contributed by atoms with van der Waals surface area (Å²) in [5.41, 5.74) is 0.400. The van der Waals surface area contributed by atoms with E-state index in [1.54, 1.807) is 11.9 Å². The standard InChI is InChI=1S/C12H15NO2/c1-12(2)13(3)11(14)10(15-12)9-7-5-4-6-8-9/h4-8,10H,1-3H3. The highest BCUT2D eigenvalue weighted by atomic mass is 16.5. The fourth-order valence-electron chi connectivity index (χ4n) is 1.70. The number of nitrogens with zero attached hydrogens (tertiary/aromatic N) is 1. The van der Waals surface area contributed by atoms with Crippen molar-refractivity contribution in [3.8, 4) is 0 Å². The molecule has 1 aliphatic heterocycles. The molecule has 0 spiro atoms. The molecular formula is C12H15NO2. The van der Waals surface area contributed by atoms with Crippen molar-refractivity contribution in [2.45, 2.75) is 25.7 Å². The average molecular weight is 205 g/mol. The van der Waals surface area contributed by atoms with Crippen LogP contribution in [0.15, 0.2) is 30.3 Å². The molecule has 0 radical (unpaired) electrons. The minimum Gasteiger partial charge on any atom is -0.338 e. The summed E-state index contributed by atoms with van der Waals surface area (Å²) in [6.45, 7) is 3.79. The molecule has 2 rings (SSSR count). The minimum absolute atomic E-state index is 0.0196. The number of hydrogen-bond donors (Lipinski definition) is 0. The fraction of sp³-hybridized carbons (Fsp3) is 0.417. The van der Waals surface area contributed by atoms with Gasteiger partial charge in [-0.15, -0.1) is 0 Å². The van der Waals surface area contributed by atoms with E-state index in [4.69, 9.17) is 4.74 Å². The lowest BCUT2D eigenvalue weighted by Gasteiger charge is -2.25. The molecule has 1 aromatic rings. The van der Waals surface area contributed by atoms with Crippen LogP contribution >= 0.6 is 0 Å². The zero-order chi connectivity index (χ0) is 11.1. The van der Waals surface area contributed by atoms with Crippen molar-refractivity contribution >= 4 is 5.91 Å². The predicted octanol–water partition coefficient (Wildman–Crippen LogP) is 1.95. The molecule has 1 aliphatic rings. The van der Waals surface area contributed by atoms with Crippen LogP contribution in [-0.2, 0) is 9.53 Å². The van der Waals surface area contributed by atoms with Crippen molar-refractivity contribution < 1.29 is 9.53 Å². The monoisotopic (exact) mass is 205 g/mol. The van der Waals surface area contributed by atoms with Crippen LogP contribution in [0.3, 0.4) is 0 Å². The SMILES string of the molecule is CN1C(=O)C(c2ccccc2)OC1(C)C. The van der Waals surface area contributed by atoms with Crippen molar-refractivity contribution in [3.05, 3.63) is 35.9 Å². The Morgan fingerprint density at radius 1 is 1.27 bits per heavy atom. The van der Waals surface area contributed by atoms with E-state index >= 15 is 0 Å². The van der Waals surface area contributed by atoms with Gasteiger partial charge in [0.1, 0.15) is 5.72 Å². The third kappa shape index (κ3) is 1.63. The molecule has 1 fully saturated rings. The highest BCUT2D eigenvalue weighted by molar-refractivity contribution is 5.84. The van der Waals surface area contributed by atoms with Crippen LogP contribution < -0.4 is 0 Å². The Hall–Kier alpha value is -1.35. The number of amides is 1. The zero-order valence-electron chi connectivity index (χ0n) is 9.23. The molecule has 1 unspecified atom stereocenters. The average Bonchev–Trinajstić information content (AvgIpc) is 2.44. The van der Waals surface area contributed by atoms with Gasteiger partial charge in [-0.2, -0.15) is 0 Å². The first-order valence-corrected chi connectivity index (χ1v) is 5.03. The van der Waals surface area contributed by atoms with E-state index < -0.39 is 11.8 Å². The van der Waals surface area contributed by atoms with Crippen LogP contribution in [0.4, 0.5) is 0 Å². The smallest absolute Gasteiger partial charge is 0.258 e. The van der Waals surface area contributed by atoms with E-state index in [0.717, 1.165) is 5.56 Å². The van der Waals surface area contributed by atoms with Gasteiger partial charge in [-0.25, -0.2) is 0 Å². The highest BCUT2D eigenvalue weighted by Crippen LogP contribution is 2.35. The van der Waals surface area contributed by atoms with Crippen LogP contribution in [0.1, 0.15) is 25.5 Å². The van der Waals surface area contributed by atoms with Crippen molar-refractivity contribution in [1.29, 1.82) is 0 Å². The Labute approximate surface area is 89.7 Å². The number of carbonyl (C=O) groups is 1. The summed E-state index contributed by atoms with van der Waals surface area (Å²) >= 11 is 0. The van der Waals surface area contributed by atoms with Gasteiger partial charge in [0.15, 0.2) is 6.10 Å². The van der Waals surface area contributed by atoms with Crippen LogP contribution in [0.5, 0.6) is 0 Å². The summed E-state index contributed by atoms with van der Waals surface area (Å²) in [6.07, 6.45) is -0.453. The molecule has 1 saturated heterocycles. The van der Waals surface area contributed by atoms with Crippen molar-refractivity contribution in [2.75, 3.05) is 7.05 Å². The lowest BCUT2D eigenvalue weighted by Crippen LogP contribution is -2.38. The third-order valence-corrected chi connectivity index (χ3v) is 2.87. The lowest BCUT2D eigenvalue weighted by atomic mass is 10.1. The van der Waals surface area contributed by atoms with Gasteiger partial charge in [-0.1, -0.05) is 30.3 Å². The Morgan fingerprint density at radius 3 is 2.33 bits per heavy atom. The van der Waals surface area contributed by atoms with E-state index in [9.17, 15) is 4.79 Å². The van der Waals surface area contributed by atoms with Gasteiger partial charge in [0, 0.05) is 7.05 Å². The summed E-state index contributed by atoms with van der Waals surface area (Å²) in [5.74, 6) is 0.0196. The molecule has 15 heavy (non-hydrogen) atoms. The quantitative estimate of drug-likeness (QED) is 0.701. The number of rotatable bonds is 1. The van der Waals surface area contributed by atoms with E-state index in [0.29, 0.717) is 0 Å². The summed E-state index contributed by atoms with van der Waals surface area (Å²) in [4.78, 5) is 13.6. The maximum atomic E-state index is 11.9. The molecule has 1 aromatic carbocycles. The van der Waals surface area contributed by atoms with E-state index in [1.165, 1.54) is 0 Å². The van der Waals surface area contributed by atoms with E-state index in [-0.39, 0.29) is 5.91 Å². The molecule has 0 aliphatic carbocycles. The molecule has 1 atom stereocenters. The molecule has 0 aromatic heterocycles. The van der Waals surface area contributed by atoms with Gasteiger partial charge in [0.05, 0.1) is 0 Å². The van der Waals surface area contributed by atoms with Gasteiger partial charge in [-0.05, 0) is 19.4 Å². The summed E-state index contributed by atoms with van der Waals surface area (Å²) in [5, 5.41) is 0. The summed E-state index contributed by atoms with van der Waals surface area (Å²) in [7, 11) is 1.77. The Balaban J connectivity index is 2.31. The van der Waals surface area contributed by atoms with Crippen LogP contribution in [-0.4, -0.2) is 23.6 Å². The predicted molar refractivity (Wildman–Crippen MR) is 57.1 cm³/mol. The minimum atomic E-state index is -0.516. The van der Waals surface area contributed by atoms with Gasteiger partial charge in [-0.3, -0.25) is 4.79 Å². The Kier molecular flexibility index (Phi) is 2.27. The number of likely N-dealkylation sites (N-methyl/N-ethyl adjacent to an activating group) is 1. The van der Waals surface area contributed by atoms with E-state index in [1.807, 2.05) is 44.2 Å². The van der Waals surface area contributed by atoms with Crippen molar-refractivity contribution in [1.82, 2.24) is 4.90 Å². The van der Waals surface area contributed by atoms with Crippen molar-refractivity contribution in [2.24, 2.45) is 0 Å². The molecule has 1 amide bonds. The maximum absolute atomic E-state index is 11.9. The van der Waals surface area contributed by atoms with Gasteiger partial charge < -0.3 is 9.64 Å². The third-order valence-electron chi connectivity index (χ3n) is 2.87. The molecule has 3 nitrogen and oxygen atoms in total. The van der Waals surface area contributed by atoms with Crippen LogP contribution in [0.2, 0.25) is 0 Å². The topological polar surface area (TPSA) is 29.5 Å². The van der Waals surface area contributed by atoms with Crippen LogP contribution in [0, 0.1) is 0 Å². The van der Waals surface area contributed by atoms with Gasteiger partial charge in [0.2, 0.25) is 0 Å². The zero-order valence-corrected chi connectivity index (χ0v) is 9.23. The van der Waals surface area contributed by atoms with Crippen LogP contribution in [0.25, 0.3) is 0 Å².